The van der Waals surface area contributed by atoms with Crippen molar-refractivity contribution in [1.29, 1.82) is 0 Å². The van der Waals surface area contributed by atoms with Crippen LogP contribution >= 0.6 is 23.4 Å². The summed E-state index contributed by atoms with van der Waals surface area (Å²) in [6, 6.07) is 11.5. The van der Waals surface area contributed by atoms with Crippen molar-refractivity contribution in [2.45, 2.75) is 16.6 Å². The molecule has 2 aromatic rings. The molecule has 0 bridgehead atoms. The molecule has 1 atom stereocenters. The standard InChI is InChI=1S/C14H11ClN2OS/c15-10-5-3-7-16-13(10)17-14(18)12-8-9-4-1-2-6-11(9)19-12/h1-7,12H,8H2,(H,16,17,18). The van der Waals surface area contributed by atoms with Gasteiger partial charge in [0.25, 0.3) is 0 Å². The van der Waals surface area contributed by atoms with Crippen LogP contribution in [-0.2, 0) is 11.2 Å². The molecule has 3 nitrogen and oxygen atoms in total. The third kappa shape index (κ3) is 2.60. The molecule has 5 heteroatoms. The monoisotopic (exact) mass is 290 g/mol. The number of pyridine rings is 1. The van der Waals surface area contributed by atoms with Crippen LogP contribution in [0.4, 0.5) is 5.82 Å². The number of rotatable bonds is 2. The summed E-state index contributed by atoms with van der Waals surface area (Å²) in [5.74, 6) is 0.368. The molecule has 2 heterocycles. The van der Waals surface area contributed by atoms with Crippen LogP contribution in [0.25, 0.3) is 0 Å². The molecule has 1 aliphatic rings. The normalized spacial score (nSPS) is 17.0. The zero-order chi connectivity index (χ0) is 13.2. The molecule has 1 aromatic carbocycles. The summed E-state index contributed by atoms with van der Waals surface area (Å²) >= 11 is 7.57. The Bertz CT molecular complexity index is 607. The van der Waals surface area contributed by atoms with Crippen molar-refractivity contribution in [1.82, 2.24) is 4.98 Å². The van der Waals surface area contributed by atoms with E-state index in [0.29, 0.717) is 10.8 Å². The Morgan fingerprint density at radius 1 is 1.32 bits per heavy atom. The highest BCUT2D eigenvalue weighted by atomic mass is 35.5. The van der Waals surface area contributed by atoms with Gasteiger partial charge in [-0.3, -0.25) is 4.79 Å². The predicted octanol–water partition coefficient (Wildman–Crippen LogP) is 3.39. The lowest BCUT2D eigenvalue weighted by atomic mass is 10.1. The molecule has 3 rings (SSSR count). The smallest absolute Gasteiger partial charge is 0.239 e. The molecule has 0 saturated heterocycles. The molecule has 0 spiro atoms. The van der Waals surface area contributed by atoms with Crippen LogP contribution in [0.2, 0.25) is 5.02 Å². The van der Waals surface area contributed by atoms with E-state index in [9.17, 15) is 4.79 Å². The number of benzene rings is 1. The molecule has 96 valence electrons. The average molecular weight is 291 g/mol. The molecule has 1 unspecified atom stereocenters. The maximum atomic E-state index is 12.2. The second kappa shape index (κ2) is 5.23. The van der Waals surface area contributed by atoms with Gasteiger partial charge in [-0.25, -0.2) is 4.98 Å². The zero-order valence-corrected chi connectivity index (χ0v) is 11.5. The van der Waals surface area contributed by atoms with Crippen molar-refractivity contribution >= 4 is 35.1 Å². The molecular weight excluding hydrogens is 280 g/mol. The molecular formula is C14H11ClN2OS. The number of aromatic nitrogens is 1. The highest BCUT2D eigenvalue weighted by Crippen LogP contribution is 2.37. The third-order valence-electron chi connectivity index (χ3n) is 2.94. The van der Waals surface area contributed by atoms with Gasteiger partial charge in [0.1, 0.15) is 0 Å². The van der Waals surface area contributed by atoms with Crippen LogP contribution in [0.3, 0.4) is 0 Å². The van der Waals surface area contributed by atoms with E-state index < -0.39 is 0 Å². The van der Waals surface area contributed by atoms with E-state index in [-0.39, 0.29) is 11.2 Å². The van der Waals surface area contributed by atoms with Crippen LogP contribution < -0.4 is 5.32 Å². The second-order valence-corrected chi connectivity index (χ2v) is 5.89. The molecule has 1 amide bonds. The number of nitrogens with zero attached hydrogens (tertiary/aromatic N) is 1. The van der Waals surface area contributed by atoms with E-state index in [4.69, 9.17) is 11.6 Å². The van der Waals surface area contributed by atoms with Crippen LogP contribution in [0.1, 0.15) is 5.56 Å². The fourth-order valence-electron chi connectivity index (χ4n) is 2.00. The molecule has 1 N–H and O–H groups in total. The van der Waals surface area contributed by atoms with Crippen LogP contribution in [0.5, 0.6) is 0 Å². The van der Waals surface area contributed by atoms with Crippen LogP contribution in [0, 0.1) is 0 Å². The Morgan fingerprint density at radius 2 is 2.16 bits per heavy atom. The Morgan fingerprint density at radius 3 is 2.95 bits per heavy atom. The van der Waals surface area contributed by atoms with Gasteiger partial charge in [-0.1, -0.05) is 29.8 Å². The highest BCUT2D eigenvalue weighted by molar-refractivity contribution is 8.01. The first-order valence-electron chi connectivity index (χ1n) is 5.90. The SMILES string of the molecule is O=C(Nc1ncccc1Cl)C1Cc2ccccc2S1. The first-order chi connectivity index (χ1) is 9.24. The fraction of sp³-hybridized carbons (Fsp3) is 0.143. The molecule has 0 fully saturated rings. The van der Waals surface area contributed by atoms with Gasteiger partial charge in [0.2, 0.25) is 5.91 Å². The Hall–Kier alpha value is -1.52. The second-order valence-electron chi connectivity index (χ2n) is 4.24. The van der Waals surface area contributed by atoms with Crippen molar-refractivity contribution in [3.63, 3.8) is 0 Å². The minimum atomic E-state index is -0.115. The summed E-state index contributed by atoms with van der Waals surface area (Å²) in [6.45, 7) is 0. The van der Waals surface area contributed by atoms with Crippen molar-refractivity contribution in [2.24, 2.45) is 0 Å². The molecule has 1 aromatic heterocycles. The lowest BCUT2D eigenvalue weighted by molar-refractivity contribution is -0.115. The summed E-state index contributed by atoms with van der Waals surface area (Å²) in [7, 11) is 0. The number of anilines is 1. The van der Waals surface area contributed by atoms with E-state index in [1.165, 1.54) is 10.5 Å². The summed E-state index contributed by atoms with van der Waals surface area (Å²) in [6.07, 6.45) is 2.36. The van der Waals surface area contributed by atoms with Crippen molar-refractivity contribution in [3.8, 4) is 0 Å². The summed E-state index contributed by atoms with van der Waals surface area (Å²) in [5, 5.41) is 3.12. The van der Waals surface area contributed by atoms with Crippen LogP contribution in [0.15, 0.2) is 47.5 Å². The number of hydrogen-bond donors (Lipinski definition) is 1. The van der Waals surface area contributed by atoms with Gasteiger partial charge < -0.3 is 5.32 Å². The maximum absolute atomic E-state index is 12.2. The lowest BCUT2D eigenvalue weighted by Gasteiger charge is -2.10. The van der Waals surface area contributed by atoms with E-state index in [0.717, 1.165) is 6.42 Å². The molecule has 0 radical (unpaired) electrons. The average Bonchev–Trinajstić information content (AvgIpc) is 2.85. The largest absolute Gasteiger partial charge is 0.308 e. The molecule has 19 heavy (non-hydrogen) atoms. The molecule has 1 aliphatic heterocycles. The summed E-state index contributed by atoms with van der Waals surface area (Å²) in [4.78, 5) is 17.4. The number of thioether (sulfide) groups is 1. The highest BCUT2D eigenvalue weighted by Gasteiger charge is 2.28. The van der Waals surface area contributed by atoms with Crippen molar-refractivity contribution in [3.05, 3.63) is 53.2 Å². The van der Waals surface area contributed by atoms with E-state index in [1.807, 2.05) is 18.2 Å². The van der Waals surface area contributed by atoms with Crippen molar-refractivity contribution in [2.75, 3.05) is 5.32 Å². The Balaban J connectivity index is 1.72. The first kappa shape index (κ1) is 12.5. The fourth-order valence-corrected chi connectivity index (χ4v) is 3.37. The molecule has 0 saturated carbocycles. The Kier molecular flexibility index (Phi) is 3.44. The number of carbonyl (C=O) groups is 1. The number of fused-ring (bicyclic) bond motifs is 1. The zero-order valence-electron chi connectivity index (χ0n) is 9.97. The quantitative estimate of drug-likeness (QED) is 0.922. The predicted molar refractivity (Wildman–Crippen MR) is 77.7 cm³/mol. The first-order valence-corrected chi connectivity index (χ1v) is 7.16. The van der Waals surface area contributed by atoms with E-state index in [1.54, 1.807) is 30.1 Å². The lowest BCUT2D eigenvalue weighted by Crippen LogP contribution is -2.25. The van der Waals surface area contributed by atoms with Gasteiger partial charge in [-0.05, 0) is 30.2 Å². The molecule has 0 aliphatic carbocycles. The van der Waals surface area contributed by atoms with Gasteiger partial charge in [0.05, 0.1) is 10.3 Å². The number of nitrogens with one attached hydrogen (secondary N) is 1. The number of hydrogen-bond acceptors (Lipinski definition) is 3. The Labute approximate surface area is 120 Å². The van der Waals surface area contributed by atoms with Gasteiger partial charge in [0, 0.05) is 11.1 Å². The summed E-state index contributed by atoms with van der Waals surface area (Å²) in [5.41, 5.74) is 1.22. The van der Waals surface area contributed by atoms with Gasteiger partial charge in [-0.15, -0.1) is 11.8 Å². The summed E-state index contributed by atoms with van der Waals surface area (Å²) < 4.78 is 0. The topological polar surface area (TPSA) is 42.0 Å². The van der Waals surface area contributed by atoms with Gasteiger partial charge >= 0.3 is 0 Å². The third-order valence-corrected chi connectivity index (χ3v) is 4.56. The number of carbonyl (C=O) groups excluding carboxylic acids is 1. The minimum absolute atomic E-state index is 0.0539. The number of amides is 1. The van der Waals surface area contributed by atoms with E-state index in [2.05, 4.69) is 16.4 Å². The van der Waals surface area contributed by atoms with E-state index >= 15 is 0 Å². The van der Waals surface area contributed by atoms with Gasteiger partial charge in [-0.2, -0.15) is 0 Å². The minimum Gasteiger partial charge on any atom is -0.308 e. The maximum Gasteiger partial charge on any atom is 0.239 e. The number of halogens is 1. The van der Waals surface area contributed by atoms with Crippen LogP contribution in [-0.4, -0.2) is 16.1 Å². The van der Waals surface area contributed by atoms with Crippen molar-refractivity contribution < 1.29 is 4.79 Å². The van der Waals surface area contributed by atoms with Gasteiger partial charge in [0.15, 0.2) is 5.82 Å².